The second kappa shape index (κ2) is 6.78. The van der Waals surface area contributed by atoms with Gasteiger partial charge in [0, 0.05) is 6.04 Å². The molecule has 0 saturated carbocycles. The van der Waals surface area contributed by atoms with E-state index < -0.39 is 0 Å². The van der Waals surface area contributed by atoms with Crippen molar-refractivity contribution in [2.24, 2.45) is 0 Å². The molecule has 19 heavy (non-hydrogen) atoms. The minimum atomic E-state index is 0.191. The van der Waals surface area contributed by atoms with Gasteiger partial charge in [0.25, 0.3) is 0 Å². The van der Waals surface area contributed by atoms with E-state index in [0.29, 0.717) is 6.04 Å². The van der Waals surface area contributed by atoms with E-state index >= 15 is 0 Å². The van der Waals surface area contributed by atoms with Crippen molar-refractivity contribution in [3.05, 3.63) is 34.9 Å². The van der Waals surface area contributed by atoms with Crippen LogP contribution < -0.4 is 5.32 Å². The van der Waals surface area contributed by atoms with Crippen LogP contribution in [0.5, 0.6) is 0 Å². The van der Waals surface area contributed by atoms with E-state index in [1.807, 2.05) is 0 Å². The van der Waals surface area contributed by atoms with Gasteiger partial charge in [-0.25, -0.2) is 0 Å². The highest BCUT2D eigenvalue weighted by atomic mass is 14.9. The Morgan fingerprint density at radius 2 is 2.00 bits per heavy atom. The number of hydrogen-bond donors (Lipinski definition) is 1. The van der Waals surface area contributed by atoms with Crippen molar-refractivity contribution >= 4 is 0 Å². The molecule has 1 nitrogen and oxygen atoms in total. The van der Waals surface area contributed by atoms with E-state index in [1.165, 1.54) is 31.2 Å². The third kappa shape index (κ3) is 3.61. The van der Waals surface area contributed by atoms with E-state index in [1.54, 1.807) is 11.1 Å². The molecule has 0 aromatic heterocycles. The first kappa shape index (κ1) is 14.2. The lowest BCUT2D eigenvalue weighted by molar-refractivity contribution is 0.494. The van der Waals surface area contributed by atoms with Crippen molar-refractivity contribution in [3.63, 3.8) is 0 Å². The second-order valence-electron chi connectivity index (χ2n) is 5.63. The van der Waals surface area contributed by atoms with Gasteiger partial charge in [-0.3, -0.25) is 5.32 Å². The monoisotopic (exact) mass is 255 g/mol. The highest BCUT2D eigenvalue weighted by Crippen LogP contribution is 2.25. The fourth-order valence-corrected chi connectivity index (χ4v) is 2.92. The van der Waals surface area contributed by atoms with Crippen molar-refractivity contribution in [1.82, 2.24) is 5.32 Å². The van der Waals surface area contributed by atoms with Crippen LogP contribution in [-0.2, 0) is 12.8 Å². The smallest absolute Gasteiger partial charge is 0.0691 e. The molecule has 0 saturated heterocycles. The second-order valence-corrected chi connectivity index (χ2v) is 5.63. The van der Waals surface area contributed by atoms with Crippen LogP contribution >= 0.6 is 0 Å². The first-order valence-electron chi connectivity index (χ1n) is 7.58. The van der Waals surface area contributed by atoms with Gasteiger partial charge in [-0.2, -0.15) is 0 Å². The van der Waals surface area contributed by atoms with Crippen LogP contribution in [0.1, 0.15) is 62.3 Å². The number of benzene rings is 1. The molecule has 0 heterocycles. The molecule has 0 radical (unpaired) electrons. The first-order valence-corrected chi connectivity index (χ1v) is 7.58. The van der Waals surface area contributed by atoms with Gasteiger partial charge in [-0.15, -0.1) is 6.42 Å². The molecule has 0 fully saturated rings. The summed E-state index contributed by atoms with van der Waals surface area (Å²) in [6.45, 7) is 4.39. The molecule has 1 aromatic carbocycles. The fourth-order valence-electron chi connectivity index (χ4n) is 2.92. The summed E-state index contributed by atoms with van der Waals surface area (Å²) in [6, 6.07) is 7.48. The van der Waals surface area contributed by atoms with Crippen LogP contribution in [0.4, 0.5) is 0 Å². The maximum absolute atomic E-state index is 5.58. The lowest BCUT2D eigenvalue weighted by Gasteiger charge is -2.22. The maximum Gasteiger partial charge on any atom is 0.0691 e. The normalized spacial score (nSPS) is 17.3. The third-order valence-corrected chi connectivity index (χ3v) is 4.10. The minimum absolute atomic E-state index is 0.191. The summed E-state index contributed by atoms with van der Waals surface area (Å²) in [5.41, 5.74) is 4.46. The Labute approximate surface area is 117 Å². The van der Waals surface area contributed by atoms with Gasteiger partial charge in [0.1, 0.15) is 0 Å². The fraction of sp³-hybridized carbons (Fsp3) is 0.556. The van der Waals surface area contributed by atoms with Gasteiger partial charge in [0.15, 0.2) is 0 Å². The zero-order chi connectivity index (χ0) is 13.7. The number of rotatable bonds is 5. The average molecular weight is 255 g/mol. The molecule has 0 aliphatic heterocycles. The van der Waals surface area contributed by atoms with E-state index in [-0.39, 0.29) is 6.04 Å². The van der Waals surface area contributed by atoms with Crippen molar-refractivity contribution in [1.29, 1.82) is 0 Å². The molecule has 2 atom stereocenters. The van der Waals surface area contributed by atoms with E-state index in [9.17, 15) is 0 Å². The van der Waals surface area contributed by atoms with E-state index in [4.69, 9.17) is 6.42 Å². The molecule has 0 spiro atoms. The van der Waals surface area contributed by atoms with Crippen LogP contribution in [0.15, 0.2) is 18.2 Å². The Morgan fingerprint density at radius 1 is 1.26 bits per heavy atom. The van der Waals surface area contributed by atoms with Gasteiger partial charge in [0.2, 0.25) is 0 Å². The predicted octanol–water partition coefficient (Wildman–Crippen LogP) is 4.02. The molecular weight excluding hydrogens is 230 g/mol. The number of terminal acetylenes is 1. The third-order valence-electron chi connectivity index (χ3n) is 4.10. The highest BCUT2D eigenvalue weighted by Gasteiger charge is 2.14. The summed E-state index contributed by atoms with van der Waals surface area (Å²) in [5.74, 6) is 2.85. The van der Waals surface area contributed by atoms with Gasteiger partial charge < -0.3 is 0 Å². The van der Waals surface area contributed by atoms with Crippen LogP contribution in [-0.4, -0.2) is 6.04 Å². The lowest BCUT2D eigenvalue weighted by Crippen LogP contribution is -2.30. The zero-order valence-corrected chi connectivity index (χ0v) is 12.2. The summed E-state index contributed by atoms with van der Waals surface area (Å²) in [7, 11) is 0. The SMILES string of the molecule is C#CC(CCC)NC(C)c1ccc2c(c1)CCCC2. The van der Waals surface area contributed by atoms with Gasteiger partial charge >= 0.3 is 0 Å². The van der Waals surface area contributed by atoms with E-state index in [2.05, 4.69) is 43.3 Å². The van der Waals surface area contributed by atoms with Gasteiger partial charge in [-0.05, 0) is 55.7 Å². The van der Waals surface area contributed by atoms with Crippen LogP contribution in [0.25, 0.3) is 0 Å². The average Bonchev–Trinajstić information content (AvgIpc) is 2.46. The Hall–Kier alpha value is -1.26. The van der Waals surface area contributed by atoms with Gasteiger partial charge in [0.05, 0.1) is 6.04 Å². The molecule has 0 bridgehead atoms. The summed E-state index contributed by atoms with van der Waals surface area (Å²) < 4.78 is 0. The summed E-state index contributed by atoms with van der Waals surface area (Å²) >= 11 is 0. The van der Waals surface area contributed by atoms with E-state index in [0.717, 1.165) is 12.8 Å². The van der Waals surface area contributed by atoms with Crippen LogP contribution in [0, 0.1) is 12.3 Å². The molecule has 102 valence electrons. The van der Waals surface area contributed by atoms with Crippen molar-refractivity contribution < 1.29 is 0 Å². The van der Waals surface area contributed by atoms with Gasteiger partial charge in [-0.1, -0.05) is 37.5 Å². The van der Waals surface area contributed by atoms with Crippen LogP contribution in [0.2, 0.25) is 0 Å². The van der Waals surface area contributed by atoms with Crippen molar-refractivity contribution in [2.75, 3.05) is 0 Å². The van der Waals surface area contributed by atoms with Crippen LogP contribution in [0.3, 0.4) is 0 Å². The molecular formula is C18H25N. The zero-order valence-electron chi connectivity index (χ0n) is 12.2. The summed E-state index contributed by atoms with van der Waals surface area (Å²) in [6.07, 6.45) is 12.9. The Kier molecular flexibility index (Phi) is 5.05. The molecule has 2 rings (SSSR count). The molecule has 1 N–H and O–H groups in total. The Balaban J connectivity index is 2.06. The maximum atomic E-state index is 5.58. The summed E-state index contributed by atoms with van der Waals surface area (Å²) in [5, 5.41) is 3.55. The number of nitrogens with one attached hydrogen (secondary N) is 1. The Bertz CT molecular complexity index is 455. The minimum Gasteiger partial charge on any atom is -0.297 e. The Morgan fingerprint density at radius 3 is 2.68 bits per heavy atom. The van der Waals surface area contributed by atoms with Crippen molar-refractivity contribution in [3.8, 4) is 12.3 Å². The summed E-state index contributed by atoms with van der Waals surface area (Å²) in [4.78, 5) is 0. The molecule has 2 unspecified atom stereocenters. The number of aryl methyl sites for hydroxylation is 2. The predicted molar refractivity (Wildman–Crippen MR) is 82.2 cm³/mol. The lowest BCUT2D eigenvalue weighted by atomic mass is 9.89. The molecule has 1 heteroatoms. The highest BCUT2D eigenvalue weighted by molar-refractivity contribution is 5.35. The van der Waals surface area contributed by atoms with Crippen molar-refractivity contribution in [2.45, 2.75) is 64.5 Å². The molecule has 1 aliphatic rings. The quantitative estimate of drug-likeness (QED) is 0.784. The molecule has 1 aliphatic carbocycles. The topological polar surface area (TPSA) is 12.0 Å². The molecule has 1 aromatic rings. The standard InChI is InChI=1S/C18H25N/c1-4-8-18(5-2)19-14(3)16-12-11-15-9-6-7-10-17(15)13-16/h2,11-14,18-19H,4,6-10H2,1,3H3. The first-order chi connectivity index (χ1) is 9.24. The number of fused-ring (bicyclic) bond motifs is 1. The molecule has 0 amide bonds. The largest absolute Gasteiger partial charge is 0.297 e. The number of hydrogen-bond acceptors (Lipinski definition) is 1.